The number of carbonyl (C=O) groups is 1. The number of thiophene rings is 1. The van der Waals surface area contributed by atoms with E-state index in [0.29, 0.717) is 32.1 Å². The zero-order valence-electron chi connectivity index (χ0n) is 13.9. The highest BCUT2D eigenvalue weighted by molar-refractivity contribution is 7.80. The van der Waals surface area contributed by atoms with Gasteiger partial charge in [0.05, 0.1) is 15.6 Å². The van der Waals surface area contributed by atoms with Gasteiger partial charge in [0.2, 0.25) is 0 Å². The molecule has 0 fully saturated rings. The predicted octanol–water partition coefficient (Wildman–Crippen LogP) is 5.18. The summed E-state index contributed by atoms with van der Waals surface area (Å²) in [6.07, 6.45) is 2.95. The van der Waals surface area contributed by atoms with Crippen molar-refractivity contribution in [1.82, 2.24) is 5.32 Å². The molecule has 1 aliphatic rings. The van der Waals surface area contributed by atoms with Crippen LogP contribution in [0.15, 0.2) is 18.2 Å². The van der Waals surface area contributed by atoms with Crippen molar-refractivity contribution in [3.05, 3.63) is 49.8 Å². The van der Waals surface area contributed by atoms with Crippen LogP contribution in [0.5, 0.6) is 0 Å². The summed E-state index contributed by atoms with van der Waals surface area (Å²) >= 11 is 18.6. The third-order valence-corrected chi connectivity index (χ3v) is 6.37. The summed E-state index contributed by atoms with van der Waals surface area (Å²) in [7, 11) is 0. The lowest BCUT2D eigenvalue weighted by Gasteiger charge is -2.17. The molecule has 1 atom stereocenters. The topological polar surface area (TPSA) is 64.9 Å². The molecular weight excluding hydrogens is 409 g/mol. The molecule has 0 saturated carbocycles. The Morgan fingerprint density at radius 1 is 1.38 bits per heavy atom. The number of amides is 1. The molecule has 1 aromatic carbocycles. The van der Waals surface area contributed by atoms with Gasteiger partial charge in [-0.25, -0.2) is 0 Å². The highest BCUT2D eigenvalue weighted by Gasteiger charge is 2.24. The molecular formula is C18H15Cl2N3OS2. The summed E-state index contributed by atoms with van der Waals surface area (Å²) in [5, 5.41) is 16.6. The number of hydrogen-bond donors (Lipinski definition) is 2. The molecule has 26 heavy (non-hydrogen) atoms. The van der Waals surface area contributed by atoms with Gasteiger partial charge in [-0.2, -0.15) is 5.26 Å². The van der Waals surface area contributed by atoms with Crippen molar-refractivity contribution in [2.75, 3.05) is 5.32 Å². The summed E-state index contributed by atoms with van der Waals surface area (Å²) in [5.74, 6) is 0.219. The van der Waals surface area contributed by atoms with Gasteiger partial charge in [0, 0.05) is 10.4 Å². The number of nitrogens with one attached hydrogen (secondary N) is 2. The first-order valence-corrected chi connectivity index (χ1v) is 9.99. The van der Waals surface area contributed by atoms with E-state index in [4.69, 9.17) is 35.4 Å². The summed E-state index contributed by atoms with van der Waals surface area (Å²) in [6, 6.07) is 6.87. The van der Waals surface area contributed by atoms with Gasteiger partial charge >= 0.3 is 0 Å². The lowest BCUT2D eigenvalue weighted by molar-refractivity contribution is 0.0977. The second-order valence-electron chi connectivity index (χ2n) is 6.20. The van der Waals surface area contributed by atoms with Crippen LogP contribution in [0.1, 0.15) is 39.7 Å². The minimum atomic E-state index is -0.394. The van der Waals surface area contributed by atoms with Crippen LogP contribution in [-0.2, 0) is 12.8 Å². The zero-order chi connectivity index (χ0) is 18.8. The predicted molar refractivity (Wildman–Crippen MR) is 110 cm³/mol. The van der Waals surface area contributed by atoms with Gasteiger partial charge in [0.1, 0.15) is 11.1 Å². The summed E-state index contributed by atoms with van der Waals surface area (Å²) in [4.78, 5) is 13.5. The smallest absolute Gasteiger partial charge is 0.257 e. The molecule has 2 N–H and O–H groups in total. The lowest BCUT2D eigenvalue weighted by atomic mass is 9.89. The third kappa shape index (κ3) is 4.02. The molecule has 2 aromatic rings. The molecule has 0 saturated heterocycles. The van der Waals surface area contributed by atoms with Gasteiger partial charge in [0.15, 0.2) is 5.11 Å². The molecule has 0 spiro atoms. The molecule has 0 radical (unpaired) electrons. The van der Waals surface area contributed by atoms with Crippen LogP contribution < -0.4 is 10.6 Å². The van der Waals surface area contributed by atoms with E-state index in [0.717, 1.165) is 24.8 Å². The van der Waals surface area contributed by atoms with Crippen molar-refractivity contribution in [3.63, 3.8) is 0 Å². The number of fused-ring (bicyclic) bond motifs is 1. The van der Waals surface area contributed by atoms with E-state index in [-0.39, 0.29) is 5.11 Å². The number of nitrogens with zero attached hydrogens (tertiary/aromatic N) is 1. The molecule has 1 unspecified atom stereocenters. The second-order valence-corrected chi connectivity index (χ2v) is 8.53. The molecule has 1 amide bonds. The maximum Gasteiger partial charge on any atom is 0.257 e. The normalized spacial score (nSPS) is 15.7. The molecule has 3 rings (SSSR count). The molecule has 1 heterocycles. The number of thiocarbonyl (C=S) groups is 1. The molecule has 1 aromatic heterocycles. The molecule has 134 valence electrons. The number of benzene rings is 1. The van der Waals surface area contributed by atoms with Crippen LogP contribution in [0.3, 0.4) is 0 Å². The van der Waals surface area contributed by atoms with Gasteiger partial charge in [-0.05, 0) is 61.2 Å². The Morgan fingerprint density at radius 3 is 2.85 bits per heavy atom. The fraction of sp³-hybridized carbons (Fsp3) is 0.278. The summed E-state index contributed by atoms with van der Waals surface area (Å²) < 4.78 is 0. The maximum absolute atomic E-state index is 12.3. The first-order chi connectivity index (χ1) is 12.4. The number of nitriles is 1. The molecule has 8 heteroatoms. The average molecular weight is 424 g/mol. The van der Waals surface area contributed by atoms with Crippen LogP contribution in [0, 0.1) is 17.2 Å². The molecule has 0 aliphatic heterocycles. The van der Waals surface area contributed by atoms with E-state index in [1.807, 2.05) is 0 Å². The highest BCUT2D eigenvalue weighted by Crippen LogP contribution is 2.39. The minimum absolute atomic E-state index is 0.143. The van der Waals surface area contributed by atoms with Gasteiger partial charge in [0.25, 0.3) is 5.91 Å². The number of hydrogen-bond acceptors (Lipinski definition) is 4. The molecule has 0 bridgehead atoms. The number of anilines is 1. The number of carbonyl (C=O) groups excluding carboxylic acids is 1. The SMILES string of the molecule is CC1CCc2c(sc(NC(=S)NC(=O)c3ccc(Cl)c(Cl)c3)c2C#N)C1. The zero-order valence-corrected chi connectivity index (χ0v) is 17.0. The van der Waals surface area contributed by atoms with Crippen LogP contribution in [0.4, 0.5) is 5.00 Å². The maximum atomic E-state index is 12.3. The van der Waals surface area contributed by atoms with Gasteiger partial charge in [-0.3, -0.25) is 10.1 Å². The van der Waals surface area contributed by atoms with Crippen molar-refractivity contribution < 1.29 is 4.79 Å². The van der Waals surface area contributed by atoms with Crippen molar-refractivity contribution in [3.8, 4) is 6.07 Å². The Kier molecular flexibility index (Phi) is 5.83. The standard InChI is InChI=1S/C18H15Cl2N3OS2/c1-9-2-4-11-12(8-21)17(26-15(11)6-9)23-18(25)22-16(24)10-3-5-13(19)14(20)7-10/h3,5,7,9H,2,4,6H2,1H3,(H2,22,23,24,25). The van der Waals surface area contributed by atoms with E-state index < -0.39 is 5.91 Å². The van der Waals surface area contributed by atoms with Crippen LogP contribution in [0.25, 0.3) is 0 Å². The largest absolute Gasteiger partial charge is 0.323 e. The van der Waals surface area contributed by atoms with Crippen molar-refractivity contribution in [2.45, 2.75) is 26.2 Å². The van der Waals surface area contributed by atoms with Crippen molar-refractivity contribution >= 4 is 62.8 Å². The monoisotopic (exact) mass is 423 g/mol. The van der Waals surface area contributed by atoms with Gasteiger partial charge in [-0.15, -0.1) is 11.3 Å². The molecule has 4 nitrogen and oxygen atoms in total. The van der Waals surface area contributed by atoms with E-state index >= 15 is 0 Å². The summed E-state index contributed by atoms with van der Waals surface area (Å²) in [6.45, 7) is 2.21. The van der Waals surface area contributed by atoms with Gasteiger partial charge in [-0.1, -0.05) is 30.1 Å². The first-order valence-electron chi connectivity index (χ1n) is 8.01. The Labute approximate surface area is 171 Å². The third-order valence-electron chi connectivity index (χ3n) is 4.26. The second kappa shape index (κ2) is 7.93. The Bertz CT molecular complexity index is 933. The van der Waals surface area contributed by atoms with E-state index in [1.54, 1.807) is 12.1 Å². The van der Waals surface area contributed by atoms with Crippen LogP contribution in [-0.4, -0.2) is 11.0 Å². The van der Waals surface area contributed by atoms with Crippen molar-refractivity contribution in [1.29, 1.82) is 5.26 Å². The Balaban J connectivity index is 1.73. The molecule has 1 aliphatic carbocycles. The Hall–Kier alpha value is -1.65. The fourth-order valence-electron chi connectivity index (χ4n) is 2.90. The quantitative estimate of drug-likeness (QED) is 0.653. The average Bonchev–Trinajstić information content (AvgIpc) is 2.92. The lowest BCUT2D eigenvalue weighted by Crippen LogP contribution is -2.34. The summed E-state index contributed by atoms with van der Waals surface area (Å²) in [5.41, 5.74) is 2.09. The minimum Gasteiger partial charge on any atom is -0.323 e. The number of halogens is 2. The van der Waals surface area contributed by atoms with Crippen LogP contribution >= 0.6 is 46.8 Å². The van der Waals surface area contributed by atoms with E-state index in [2.05, 4.69) is 23.6 Å². The highest BCUT2D eigenvalue weighted by atomic mass is 35.5. The first kappa shape index (κ1) is 19.1. The number of rotatable bonds is 2. The van der Waals surface area contributed by atoms with Crippen LogP contribution in [0.2, 0.25) is 10.0 Å². The van der Waals surface area contributed by atoms with E-state index in [1.165, 1.54) is 22.3 Å². The van der Waals surface area contributed by atoms with Crippen molar-refractivity contribution in [2.24, 2.45) is 5.92 Å². The van der Waals surface area contributed by atoms with E-state index in [9.17, 15) is 10.1 Å². The fourth-order valence-corrected chi connectivity index (χ4v) is 4.83. The van der Waals surface area contributed by atoms with Gasteiger partial charge < -0.3 is 5.32 Å². The Morgan fingerprint density at radius 2 is 2.15 bits per heavy atom.